The first-order valence-electron chi connectivity index (χ1n) is 7.98. The average molecular weight is 295 g/mol. The lowest BCUT2D eigenvalue weighted by atomic mass is 10.0. The molecule has 0 radical (unpaired) electrons. The van der Waals surface area contributed by atoms with Crippen LogP contribution >= 0.6 is 11.3 Å². The van der Waals surface area contributed by atoms with Gasteiger partial charge in [-0.25, -0.2) is 4.98 Å². The lowest BCUT2D eigenvalue weighted by Crippen LogP contribution is -2.21. The summed E-state index contributed by atoms with van der Waals surface area (Å²) in [5.74, 6) is 1.57. The van der Waals surface area contributed by atoms with Crippen LogP contribution in [0.25, 0.3) is 0 Å². The molecule has 2 unspecified atom stereocenters. The zero-order valence-electron chi connectivity index (χ0n) is 13.6. The highest BCUT2D eigenvalue weighted by molar-refractivity contribution is 7.15. The third-order valence-electron chi connectivity index (χ3n) is 4.18. The molecule has 20 heavy (non-hydrogen) atoms. The van der Waals surface area contributed by atoms with Gasteiger partial charge in [0.2, 0.25) is 0 Å². The summed E-state index contributed by atoms with van der Waals surface area (Å²) < 4.78 is 0. The fourth-order valence-corrected chi connectivity index (χ4v) is 3.73. The number of nitrogens with one attached hydrogen (secondary N) is 1. The SMILES string of the molecule is CCCc1nc(N2CC(C)C(C)C2)sc1CNC(C)C. The molecule has 2 heterocycles. The second kappa shape index (κ2) is 6.90. The van der Waals surface area contributed by atoms with Crippen LogP contribution in [0.3, 0.4) is 0 Å². The monoisotopic (exact) mass is 295 g/mol. The van der Waals surface area contributed by atoms with Crippen molar-refractivity contribution < 1.29 is 0 Å². The van der Waals surface area contributed by atoms with E-state index in [1.165, 1.54) is 22.1 Å². The Morgan fingerprint density at radius 3 is 2.50 bits per heavy atom. The van der Waals surface area contributed by atoms with Crippen molar-refractivity contribution >= 4 is 16.5 Å². The molecule has 1 aliphatic heterocycles. The minimum absolute atomic E-state index is 0.529. The van der Waals surface area contributed by atoms with E-state index in [2.05, 4.69) is 44.8 Å². The molecule has 0 saturated carbocycles. The van der Waals surface area contributed by atoms with Crippen molar-refractivity contribution in [3.8, 4) is 0 Å². The standard InChI is InChI=1S/C16H29N3S/c1-6-7-14-15(8-17-11(2)3)20-16(18-14)19-9-12(4)13(5)10-19/h11-13,17H,6-10H2,1-5H3. The van der Waals surface area contributed by atoms with Gasteiger partial charge < -0.3 is 10.2 Å². The van der Waals surface area contributed by atoms with Crippen molar-refractivity contribution in [3.63, 3.8) is 0 Å². The number of anilines is 1. The first-order chi connectivity index (χ1) is 9.51. The van der Waals surface area contributed by atoms with Crippen molar-refractivity contribution in [2.24, 2.45) is 11.8 Å². The van der Waals surface area contributed by atoms with Crippen molar-refractivity contribution in [3.05, 3.63) is 10.6 Å². The van der Waals surface area contributed by atoms with Gasteiger partial charge in [0.15, 0.2) is 5.13 Å². The highest BCUT2D eigenvalue weighted by Crippen LogP contribution is 2.33. The molecular weight excluding hydrogens is 266 g/mol. The molecule has 1 N–H and O–H groups in total. The molecule has 0 spiro atoms. The molecule has 0 bridgehead atoms. The number of rotatable bonds is 6. The van der Waals surface area contributed by atoms with Gasteiger partial charge >= 0.3 is 0 Å². The molecule has 1 fully saturated rings. The zero-order valence-corrected chi connectivity index (χ0v) is 14.4. The van der Waals surface area contributed by atoms with E-state index in [-0.39, 0.29) is 0 Å². The molecule has 0 aliphatic carbocycles. The molecule has 2 atom stereocenters. The summed E-state index contributed by atoms with van der Waals surface area (Å²) in [7, 11) is 0. The van der Waals surface area contributed by atoms with Crippen LogP contribution in [0, 0.1) is 11.8 Å². The first-order valence-corrected chi connectivity index (χ1v) is 8.79. The smallest absolute Gasteiger partial charge is 0.185 e. The van der Waals surface area contributed by atoms with Gasteiger partial charge in [-0.1, -0.05) is 41.0 Å². The van der Waals surface area contributed by atoms with E-state index in [0.717, 1.165) is 37.9 Å². The average Bonchev–Trinajstić information content (AvgIpc) is 2.92. The van der Waals surface area contributed by atoms with Crippen LogP contribution in [0.1, 0.15) is 51.6 Å². The fraction of sp³-hybridized carbons (Fsp3) is 0.812. The highest BCUT2D eigenvalue weighted by Gasteiger charge is 2.28. The fourth-order valence-electron chi connectivity index (χ4n) is 2.66. The summed E-state index contributed by atoms with van der Waals surface area (Å²) >= 11 is 1.90. The molecule has 0 aromatic carbocycles. The van der Waals surface area contributed by atoms with Crippen LogP contribution in [0.2, 0.25) is 0 Å². The lowest BCUT2D eigenvalue weighted by Gasteiger charge is -2.13. The van der Waals surface area contributed by atoms with Gasteiger partial charge in [0.05, 0.1) is 5.69 Å². The summed E-state index contributed by atoms with van der Waals surface area (Å²) in [6, 6.07) is 0.529. The number of aromatic nitrogens is 1. The van der Waals surface area contributed by atoms with E-state index in [4.69, 9.17) is 4.98 Å². The quantitative estimate of drug-likeness (QED) is 0.867. The maximum absolute atomic E-state index is 4.93. The molecule has 4 heteroatoms. The van der Waals surface area contributed by atoms with Crippen LogP contribution in [-0.2, 0) is 13.0 Å². The van der Waals surface area contributed by atoms with Crippen LogP contribution in [-0.4, -0.2) is 24.1 Å². The summed E-state index contributed by atoms with van der Waals surface area (Å²) in [5, 5.41) is 4.77. The number of aryl methyl sites for hydroxylation is 1. The Morgan fingerprint density at radius 1 is 1.30 bits per heavy atom. The molecule has 1 aromatic heterocycles. The number of hydrogen-bond acceptors (Lipinski definition) is 4. The van der Waals surface area contributed by atoms with Gasteiger partial charge in [-0.3, -0.25) is 0 Å². The number of thiazole rings is 1. The van der Waals surface area contributed by atoms with Crippen LogP contribution in [0.15, 0.2) is 0 Å². The van der Waals surface area contributed by atoms with Crippen LogP contribution < -0.4 is 10.2 Å². The number of nitrogens with zero attached hydrogens (tertiary/aromatic N) is 2. The van der Waals surface area contributed by atoms with Gasteiger partial charge in [-0.15, -0.1) is 11.3 Å². The van der Waals surface area contributed by atoms with E-state index in [0.29, 0.717) is 6.04 Å². The summed E-state index contributed by atoms with van der Waals surface area (Å²) in [5.41, 5.74) is 1.31. The van der Waals surface area contributed by atoms with Crippen LogP contribution in [0.4, 0.5) is 5.13 Å². The maximum Gasteiger partial charge on any atom is 0.185 e. The summed E-state index contributed by atoms with van der Waals surface area (Å²) in [6.07, 6.45) is 2.27. The highest BCUT2D eigenvalue weighted by atomic mass is 32.1. The molecule has 1 aliphatic rings. The molecular formula is C16H29N3S. The molecule has 2 rings (SSSR count). The second-order valence-electron chi connectivity index (χ2n) is 6.51. The van der Waals surface area contributed by atoms with Gasteiger partial charge in [0.1, 0.15) is 0 Å². The van der Waals surface area contributed by atoms with Crippen LogP contribution in [0.5, 0.6) is 0 Å². The molecule has 3 nitrogen and oxygen atoms in total. The Kier molecular flexibility index (Phi) is 5.44. The third kappa shape index (κ3) is 3.73. The molecule has 0 amide bonds. The molecule has 114 valence electrons. The maximum atomic E-state index is 4.93. The largest absolute Gasteiger partial charge is 0.348 e. The van der Waals surface area contributed by atoms with Crippen molar-refractivity contribution in [1.82, 2.24) is 10.3 Å². The van der Waals surface area contributed by atoms with Crippen molar-refractivity contribution in [2.75, 3.05) is 18.0 Å². The summed E-state index contributed by atoms with van der Waals surface area (Å²) in [6.45, 7) is 14.6. The summed E-state index contributed by atoms with van der Waals surface area (Å²) in [4.78, 5) is 8.85. The van der Waals surface area contributed by atoms with Gasteiger partial charge in [0.25, 0.3) is 0 Å². The minimum atomic E-state index is 0.529. The minimum Gasteiger partial charge on any atom is -0.348 e. The van der Waals surface area contributed by atoms with Gasteiger partial charge in [-0.2, -0.15) is 0 Å². The Balaban J connectivity index is 2.12. The Labute approximate surface area is 127 Å². The lowest BCUT2D eigenvalue weighted by molar-refractivity contribution is 0.494. The van der Waals surface area contributed by atoms with Gasteiger partial charge in [0, 0.05) is 30.6 Å². The van der Waals surface area contributed by atoms with E-state index in [9.17, 15) is 0 Å². The Morgan fingerprint density at radius 2 is 1.95 bits per heavy atom. The predicted octanol–water partition coefficient (Wildman–Crippen LogP) is 3.69. The van der Waals surface area contributed by atoms with E-state index >= 15 is 0 Å². The van der Waals surface area contributed by atoms with Gasteiger partial charge in [-0.05, 0) is 18.3 Å². The Hall–Kier alpha value is -0.610. The van der Waals surface area contributed by atoms with Crippen molar-refractivity contribution in [1.29, 1.82) is 0 Å². The van der Waals surface area contributed by atoms with E-state index < -0.39 is 0 Å². The second-order valence-corrected chi connectivity index (χ2v) is 7.57. The van der Waals surface area contributed by atoms with E-state index in [1.807, 2.05) is 11.3 Å². The Bertz CT molecular complexity index is 417. The molecule has 1 saturated heterocycles. The first kappa shape index (κ1) is 15.8. The molecule has 1 aromatic rings. The van der Waals surface area contributed by atoms with E-state index in [1.54, 1.807) is 0 Å². The third-order valence-corrected chi connectivity index (χ3v) is 5.34. The van der Waals surface area contributed by atoms with Crippen molar-refractivity contribution in [2.45, 2.75) is 60.0 Å². The topological polar surface area (TPSA) is 28.2 Å². The predicted molar refractivity (Wildman–Crippen MR) is 88.6 cm³/mol. The number of hydrogen-bond donors (Lipinski definition) is 1. The normalized spacial score (nSPS) is 23.0. The zero-order chi connectivity index (χ0) is 14.7.